The van der Waals surface area contributed by atoms with Crippen molar-refractivity contribution >= 4 is 16.8 Å². The number of rotatable bonds is 6. The summed E-state index contributed by atoms with van der Waals surface area (Å²) < 4.78 is 11.8. The molecule has 0 saturated heterocycles. The molecule has 7 heteroatoms. The fourth-order valence-electron chi connectivity index (χ4n) is 3.46. The Hall–Kier alpha value is -3.37. The Morgan fingerprint density at radius 1 is 1.28 bits per heavy atom. The molecule has 0 radical (unpaired) electrons. The maximum absolute atomic E-state index is 13.3. The van der Waals surface area contributed by atoms with Crippen molar-refractivity contribution in [1.82, 2.24) is 4.57 Å². The highest BCUT2D eigenvalue weighted by Crippen LogP contribution is 2.31. The zero-order valence-electron chi connectivity index (χ0n) is 16.8. The molecule has 3 rings (SSSR count). The van der Waals surface area contributed by atoms with E-state index in [0.717, 1.165) is 15.5 Å². The number of carbonyl (C=O) groups excluding carboxylic acids is 1. The molecule has 150 valence electrons. The van der Waals surface area contributed by atoms with E-state index in [1.54, 1.807) is 13.0 Å². The fraction of sp³-hybridized carbons (Fsp3) is 0.318. The van der Waals surface area contributed by atoms with Gasteiger partial charge in [0.2, 0.25) is 11.7 Å². The van der Waals surface area contributed by atoms with Crippen LogP contribution in [-0.4, -0.2) is 29.2 Å². The van der Waals surface area contributed by atoms with Crippen LogP contribution < -0.4 is 5.56 Å². The Morgan fingerprint density at radius 3 is 2.66 bits per heavy atom. The molecule has 3 aromatic rings. The van der Waals surface area contributed by atoms with Gasteiger partial charge in [-0.1, -0.05) is 11.6 Å². The third-order valence-corrected chi connectivity index (χ3v) is 5.06. The van der Waals surface area contributed by atoms with Gasteiger partial charge in [0.1, 0.15) is 17.2 Å². The molecule has 0 spiro atoms. The number of ether oxygens (including phenoxy) is 1. The molecule has 0 aliphatic carbocycles. The summed E-state index contributed by atoms with van der Waals surface area (Å²) in [6.07, 6.45) is 0.439. The number of benzene rings is 1. The predicted molar refractivity (Wildman–Crippen MR) is 107 cm³/mol. The van der Waals surface area contributed by atoms with Gasteiger partial charge in [0, 0.05) is 31.2 Å². The molecule has 0 aliphatic rings. The third-order valence-electron chi connectivity index (χ3n) is 5.06. The van der Waals surface area contributed by atoms with Crippen LogP contribution in [0, 0.1) is 32.1 Å². The second-order valence-corrected chi connectivity index (χ2v) is 7.00. The number of aryl methyl sites for hydroxylation is 2. The topological polar surface area (TPSA) is 105 Å². The molecule has 0 bridgehead atoms. The lowest BCUT2D eigenvalue weighted by atomic mass is 9.98. The lowest BCUT2D eigenvalue weighted by Gasteiger charge is -2.15. The summed E-state index contributed by atoms with van der Waals surface area (Å²) >= 11 is 0. The standard InChI is InChI=1S/C22H22N2O5/c1-12-6-7-17-15(10-12)14(3)20(29-17)19(25)18-13(2)16(11-23)21(26)24(22(18)27)8-5-9-28-4/h6-7,10,27H,5,8-9H2,1-4H3. The maximum Gasteiger partial charge on any atom is 0.271 e. The first-order valence-electron chi connectivity index (χ1n) is 9.21. The molecular formula is C22H22N2O5. The molecular weight excluding hydrogens is 372 g/mol. The molecule has 7 nitrogen and oxygen atoms in total. The van der Waals surface area contributed by atoms with Crippen LogP contribution in [0.5, 0.6) is 5.88 Å². The SMILES string of the molecule is COCCCn1c(O)c(C(=O)c2oc3ccc(C)cc3c2C)c(C)c(C#N)c1=O. The normalized spacial score (nSPS) is 11.0. The average Bonchev–Trinajstić information content (AvgIpc) is 3.01. The summed E-state index contributed by atoms with van der Waals surface area (Å²) in [5.41, 5.74) is 1.46. The highest BCUT2D eigenvalue weighted by atomic mass is 16.5. The minimum Gasteiger partial charge on any atom is -0.494 e. The Morgan fingerprint density at radius 2 is 2.00 bits per heavy atom. The van der Waals surface area contributed by atoms with Crippen molar-refractivity contribution in [3.05, 3.63) is 62.1 Å². The second-order valence-electron chi connectivity index (χ2n) is 7.00. The maximum atomic E-state index is 13.3. The van der Waals surface area contributed by atoms with Crippen molar-refractivity contribution in [3.63, 3.8) is 0 Å². The first-order valence-corrected chi connectivity index (χ1v) is 9.21. The van der Waals surface area contributed by atoms with E-state index in [1.807, 2.05) is 25.1 Å². The van der Waals surface area contributed by atoms with Crippen molar-refractivity contribution in [2.24, 2.45) is 0 Å². The van der Waals surface area contributed by atoms with Gasteiger partial charge in [-0.05, 0) is 44.9 Å². The number of pyridine rings is 1. The molecule has 0 unspecified atom stereocenters. The van der Waals surface area contributed by atoms with Crippen LogP contribution in [0.25, 0.3) is 11.0 Å². The minimum atomic E-state index is -0.632. The monoisotopic (exact) mass is 394 g/mol. The predicted octanol–water partition coefficient (Wildman–Crippen LogP) is 3.36. The lowest BCUT2D eigenvalue weighted by Crippen LogP contribution is -2.27. The smallest absolute Gasteiger partial charge is 0.271 e. The van der Waals surface area contributed by atoms with E-state index in [4.69, 9.17) is 9.15 Å². The summed E-state index contributed by atoms with van der Waals surface area (Å²) in [4.78, 5) is 25.9. The number of nitrogens with zero attached hydrogens (tertiary/aromatic N) is 2. The van der Waals surface area contributed by atoms with Gasteiger partial charge >= 0.3 is 0 Å². The largest absolute Gasteiger partial charge is 0.494 e. The van der Waals surface area contributed by atoms with Gasteiger partial charge in [-0.25, -0.2) is 0 Å². The Kier molecular flexibility index (Phi) is 5.57. The summed E-state index contributed by atoms with van der Waals surface area (Å²) in [5.74, 6) is -0.957. The summed E-state index contributed by atoms with van der Waals surface area (Å²) in [6, 6.07) is 7.45. The summed E-state index contributed by atoms with van der Waals surface area (Å²) in [6.45, 7) is 5.68. The number of nitriles is 1. The van der Waals surface area contributed by atoms with Crippen LogP contribution >= 0.6 is 0 Å². The van der Waals surface area contributed by atoms with Gasteiger partial charge in [0.05, 0.1) is 5.56 Å². The Bertz CT molecular complexity index is 1210. The van der Waals surface area contributed by atoms with E-state index < -0.39 is 17.2 Å². The number of methoxy groups -OCH3 is 1. The van der Waals surface area contributed by atoms with E-state index in [1.165, 1.54) is 14.0 Å². The highest BCUT2D eigenvalue weighted by molar-refractivity contribution is 6.12. The highest BCUT2D eigenvalue weighted by Gasteiger charge is 2.28. The van der Waals surface area contributed by atoms with E-state index in [2.05, 4.69) is 0 Å². The fourth-order valence-corrected chi connectivity index (χ4v) is 3.46. The number of aromatic hydroxyl groups is 1. The third kappa shape index (κ3) is 3.43. The molecule has 0 aliphatic heterocycles. The molecule has 29 heavy (non-hydrogen) atoms. The van der Waals surface area contributed by atoms with Crippen molar-refractivity contribution in [1.29, 1.82) is 5.26 Å². The van der Waals surface area contributed by atoms with Gasteiger partial charge < -0.3 is 14.3 Å². The van der Waals surface area contributed by atoms with Crippen LogP contribution in [0.15, 0.2) is 27.4 Å². The van der Waals surface area contributed by atoms with Crippen molar-refractivity contribution in [2.75, 3.05) is 13.7 Å². The summed E-state index contributed by atoms with van der Waals surface area (Å²) in [5, 5.41) is 21.0. The quantitative estimate of drug-likeness (QED) is 0.508. The van der Waals surface area contributed by atoms with Gasteiger partial charge in [-0.2, -0.15) is 5.26 Å². The molecule has 0 amide bonds. The number of ketones is 1. The van der Waals surface area contributed by atoms with E-state index >= 15 is 0 Å². The Labute approximate surface area is 167 Å². The number of carbonyl (C=O) groups is 1. The Balaban J connectivity index is 2.21. The van der Waals surface area contributed by atoms with Crippen LogP contribution in [-0.2, 0) is 11.3 Å². The molecule has 0 fully saturated rings. The van der Waals surface area contributed by atoms with Crippen molar-refractivity contribution < 1.29 is 19.1 Å². The van der Waals surface area contributed by atoms with E-state index in [9.17, 15) is 20.0 Å². The zero-order valence-corrected chi connectivity index (χ0v) is 16.8. The number of aromatic nitrogens is 1. The van der Waals surface area contributed by atoms with Gasteiger partial charge in [0.25, 0.3) is 5.56 Å². The van der Waals surface area contributed by atoms with Gasteiger partial charge in [0.15, 0.2) is 5.76 Å². The molecule has 1 N–H and O–H groups in total. The molecule has 1 aromatic carbocycles. The number of furan rings is 1. The van der Waals surface area contributed by atoms with Crippen molar-refractivity contribution in [2.45, 2.75) is 33.7 Å². The average molecular weight is 394 g/mol. The summed E-state index contributed by atoms with van der Waals surface area (Å²) in [7, 11) is 1.53. The lowest BCUT2D eigenvalue weighted by molar-refractivity contribution is 0.100. The van der Waals surface area contributed by atoms with Gasteiger partial charge in [-0.15, -0.1) is 0 Å². The van der Waals surface area contributed by atoms with E-state index in [0.29, 0.717) is 24.2 Å². The van der Waals surface area contributed by atoms with E-state index in [-0.39, 0.29) is 29.0 Å². The second kappa shape index (κ2) is 7.94. The number of hydrogen-bond donors (Lipinski definition) is 1. The molecule has 0 saturated carbocycles. The first kappa shape index (κ1) is 20.4. The van der Waals surface area contributed by atoms with Gasteiger partial charge in [-0.3, -0.25) is 14.2 Å². The van der Waals surface area contributed by atoms with Crippen LogP contribution in [0.3, 0.4) is 0 Å². The minimum absolute atomic E-state index is 0.0787. The van der Waals surface area contributed by atoms with Crippen LogP contribution in [0.1, 0.15) is 44.8 Å². The molecule has 2 heterocycles. The number of fused-ring (bicyclic) bond motifs is 1. The van der Waals surface area contributed by atoms with Crippen LogP contribution in [0.2, 0.25) is 0 Å². The first-order chi connectivity index (χ1) is 13.8. The van der Waals surface area contributed by atoms with Crippen LogP contribution in [0.4, 0.5) is 0 Å². The zero-order chi connectivity index (χ0) is 21.3. The molecule has 0 atom stereocenters. The molecule has 2 aromatic heterocycles. The van der Waals surface area contributed by atoms with Crippen molar-refractivity contribution in [3.8, 4) is 11.9 Å². The number of hydrogen-bond acceptors (Lipinski definition) is 6.